The van der Waals surface area contributed by atoms with Gasteiger partial charge in [0.1, 0.15) is 12.2 Å². The first-order chi connectivity index (χ1) is 12.2. The van der Waals surface area contributed by atoms with Crippen molar-refractivity contribution in [3.63, 3.8) is 0 Å². The Bertz CT molecular complexity index is 608. The Morgan fingerprint density at radius 2 is 1.81 bits per heavy atom. The molecular formula is C20H32BrNO3Si. The minimum Gasteiger partial charge on any atom is -0.416 e. The maximum absolute atomic E-state index is 6.43. The van der Waals surface area contributed by atoms with E-state index in [1.807, 2.05) is 13.8 Å². The summed E-state index contributed by atoms with van der Waals surface area (Å²) in [6, 6.07) is 9.96. The minimum absolute atomic E-state index is 0.0141. The number of unbranched alkanes of at least 4 members (excludes halogenated alkanes) is 1. The minimum atomic E-state index is -1.62. The van der Waals surface area contributed by atoms with E-state index < -0.39 is 14.1 Å². The summed E-state index contributed by atoms with van der Waals surface area (Å²) in [5.74, 6) is -0.543. The van der Waals surface area contributed by atoms with E-state index >= 15 is 0 Å². The molecule has 2 aliphatic rings. The number of hydrogen-bond donors (Lipinski definition) is 1. The van der Waals surface area contributed by atoms with E-state index in [1.54, 1.807) is 0 Å². The van der Waals surface area contributed by atoms with Crippen LogP contribution in [0, 0.1) is 0 Å². The first kappa shape index (κ1) is 20.5. The summed E-state index contributed by atoms with van der Waals surface area (Å²) in [4.78, 5) is 0. The van der Waals surface area contributed by atoms with Crippen molar-refractivity contribution in [1.82, 2.24) is 5.32 Å². The molecule has 0 amide bonds. The van der Waals surface area contributed by atoms with Gasteiger partial charge in [-0.25, -0.2) is 0 Å². The zero-order valence-electron chi connectivity index (χ0n) is 16.5. The van der Waals surface area contributed by atoms with Crippen LogP contribution in [0.2, 0.25) is 19.1 Å². The van der Waals surface area contributed by atoms with E-state index in [0.717, 1.165) is 4.47 Å². The molecule has 1 N–H and O–H groups in total. The Morgan fingerprint density at radius 1 is 1.15 bits per heavy atom. The van der Waals surface area contributed by atoms with Gasteiger partial charge in [0.15, 0.2) is 14.1 Å². The molecule has 6 heteroatoms. The van der Waals surface area contributed by atoms with Crippen molar-refractivity contribution < 1.29 is 13.9 Å². The van der Waals surface area contributed by atoms with Crippen LogP contribution in [-0.2, 0) is 13.9 Å². The van der Waals surface area contributed by atoms with Gasteiger partial charge in [0, 0.05) is 4.47 Å². The molecule has 2 saturated heterocycles. The Morgan fingerprint density at radius 3 is 2.46 bits per heavy atom. The zero-order valence-corrected chi connectivity index (χ0v) is 19.1. The van der Waals surface area contributed by atoms with E-state index in [0.29, 0.717) is 6.61 Å². The summed E-state index contributed by atoms with van der Waals surface area (Å²) < 4.78 is 20.0. The topological polar surface area (TPSA) is 39.7 Å². The normalized spacial score (nSPS) is 30.5. The highest BCUT2D eigenvalue weighted by Crippen LogP contribution is 2.42. The third kappa shape index (κ3) is 4.78. The van der Waals surface area contributed by atoms with Crippen molar-refractivity contribution in [2.75, 3.05) is 6.61 Å². The zero-order chi connectivity index (χ0) is 18.9. The molecule has 1 aromatic rings. The highest BCUT2D eigenvalue weighted by molar-refractivity contribution is 9.10. The van der Waals surface area contributed by atoms with Gasteiger partial charge in [0.05, 0.1) is 18.7 Å². The first-order valence-corrected chi connectivity index (χ1v) is 13.6. The van der Waals surface area contributed by atoms with Gasteiger partial charge >= 0.3 is 0 Å². The van der Waals surface area contributed by atoms with Gasteiger partial charge in [0.25, 0.3) is 0 Å². The van der Waals surface area contributed by atoms with Gasteiger partial charge < -0.3 is 19.2 Å². The van der Waals surface area contributed by atoms with Crippen LogP contribution in [0.25, 0.3) is 0 Å². The molecule has 0 saturated carbocycles. The predicted molar refractivity (Wildman–Crippen MR) is 111 cm³/mol. The lowest BCUT2D eigenvalue weighted by Gasteiger charge is -2.28. The second-order valence-electron chi connectivity index (χ2n) is 8.54. The number of nitrogens with one attached hydrogen (secondary N) is 1. The molecule has 0 unspecified atom stereocenters. The fraction of sp³-hybridized carbons (Fsp3) is 0.700. The third-order valence-corrected chi connectivity index (χ3v) is 8.33. The number of fused-ring (bicyclic) bond motifs is 1. The number of halogens is 1. The molecule has 146 valence electrons. The SMILES string of the molecule is CCCC[Si](C)(C)OC[C@H]1N[C@@H](c2ccc(Br)cc2)[C@@H]2OC(C)(C)O[C@@H]21. The second kappa shape index (κ2) is 8.01. The summed E-state index contributed by atoms with van der Waals surface area (Å²) in [5, 5.41) is 3.73. The van der Waals surface area contributed by atoms with Crippen molar-refractivity contribution >= 4 is 24.2 Å². The van der Waals surface area contributed by atoms with Gasteiger partial charge in [-0.05, 0) is 50.7 Å². The summed E-state index contributed by atoms with van der Waals surface area (Å²) in [6.45, 7) is 11.6. The highest BCUT2D eigenvalue weighted by atomic mass is 79.9. The van der Waals surface area contributed by atoms with Crippen molar-refractivity contribution in [2.45, 2.75) is 82.8 Å². The van der Waals surface area contributed by atoms with Crippen LogP contribution in [0.4, 0.5) is 0 Å². The smallest absolute Gasteiger partial charge is 0.186 e. The van der Waals surface area contributed by atoms with Crippen molar-refractivity contribution in [3.05, 3.63) is 34.3 Å². The molecule has 0 aromatic heterocycles. The van der Waals surface area contributed by atoms with Crippen LogP contribution in [0.3, 0.4) is 0 Å². The average Bonchev–Trinajstić information content (AvgIpc) is 3.05. The Labute approximate surface area is 167 Å². The molecule has 2 fully saturated rings. The van der Waals surface area contributed by atoms with Gasteiger partial charge in [-0.3, -0.25) is 0 Å². The fourth-order valence-electron chi connectivity index (χ4n) is 3.90. The molecule has 1 aromatic carbocycles. The first-order valence-electron chi connectivity index (χ1n) is 9.72. The second-order valence-corrected chi connectivity index (χ2v) is 13.8. The van der Waals surface area contributed by atoms with E-state index in [-0.39, 0.29) is 24.3 Å². The standard InChI is InChI=1S/C20H32BrNO3Si/c1-6-7-12-26(4,5)23-13-16-18-19(25-20(2,3)24-18)17(22-16)14-8-10-15(21)11-9-14/h8-11,16-19,22H,6-7,12-13H2,1-5H3/t16-,17+,18-,19+/m1/s1. The predicted octanol–water partition coefficient (Wildman–Crippen LogP) is 5.00. The fourth-order valence-corrected chi connectivity index (χ4v) is 6.14. The van der Waals surface area contributed by atoms with Crippen molar-refractivity contribution in [1.29, 1.82) is 0 Å². The molecule has 4 nitrogen and oxygen atoms in total. The van der Waals surface area contributed by atoms with Gasteiger partial charge in [-0.15, -0.1) is 0 Å². The van der Waals surface area contributed by atoms with E-state index in [1.165, 1.54) is 24.4 Å². The Balaban J connectivity index is 1.71. The van der Waals surface area contributed by atoms with Crippen molar-refractivity contribution in [2.24, 2.45) is 0 Å². The van der Waals surface area contributed by atoms with Crippen LogP contribution in [0.1, 0.15) is 45.2 Å². The molecule has 0 radical (unpaired) electrons. The maximum Gasteiger partial charge on any atom is 0.186 e. The Hall–Kier alpha value is -0.243. The lowest BCUT2D eigenvalue weighted by molar-refractivity contribution is -0.157. The number of ether oxygens (including phenoxy) is 2. The molecule has 3 rings (SSSR count). The van der Waals surface area contributed by atoms with E-state index in [4.69, 9.17) is 13.9 Å². The number of hydrogen-bond acceptors (Lipinski definition) is 4. The monoisotopic (exact) mass is 441 g/mol. The maximum atomic E-state index is 6.43. The highest BCUT2D eigenvalue weighted by Gasteiger charge is 2.54. The van der Waals surface area contributed by atoms with Crippen LogP contribution < -0.4 is 5.32 Å². The third-order valence-electron chi connectivity index (χ3n) is 5.30. The summed E-state index contributed by atoms with van der Waals surface area (Å²) in [6.07, 6.45) is 2.51. The molecule has 4 atom stereocenters. The summed E-state index contributed by atoms with van der Waals surface area (Å²) >= 11 is 3.52. The molecule has 0 bridgehead atoms. The molecule has 0 aliphatic carbocycles. The van der Waals surface area contributed by atoms with E-state index in [9.17, 15) is 0 Å². The lowest BCUT2D eigenvalue weighted by atomic mass is 10.0. The summed E-state index contributed by atoms with van der Waals surface area (Å²) in [7, 11) is -1.62. The van der Waals surface area contributed by atoms with Gasteiger partial charge in [-0.1, -0.05) is 47.8 Å². The van der Waals surface area contributed by atoms with Crippen LogP contribution in [0.15, 0.2) is 28.7 Å². The van der Waals surface area contributed by atoms with Crippen LogP contribution in [0.5, 0.6) is 0 Å². The molecule has 26 heavy (non-hydrogen) atoms. The number of rotatable bonds is 7. The van der Waals surface area contributed by atoms with Gasteiger partial charge in [0.2, 0.25) is 0 Å². The average molecular weight is 442 g/mol. The molecule has 2 aliphatic heterocycles. The molecule has 0 spiro atoms. The van der Waals surface area contributed by atoms with E-state index in [2.05, 4.69) is 65.5 Å². The van der Waals surface area contributed by atoms with Gasteiger partial charge in [-0.2, -0.15) is 0 Å². The van der Waals surface area contributed by atoms with Crippen molar-refractivity contribution in [3.8, 4) is 0 Å². The molecular weight excluding hydrogens is 410 g/mol. The molecule has 2 heterocycles. The largest absolute Gasteiger partial charge is 0.416 e. The Kier molecular flexibility index (Phi) is 6.32. The quantitative estimate of drug-likeness (QED) is 0.603. The van der Waals surface area contributed by atoms with Crippen LogP contribution in [-0.4, -0.2) is 39.0 Å². The lowest BCUT2D eigenvalue weighted by Crippen LogP contribution is -2.43. The summed E-state index contributed by atoms with van der Waals surface area (Å²) in [5.41, 5.74) is 1.23. The number of benzene rings is 1. The van der Waals surface area contributed by atoms with Crippen LogP contribution >= 0.6 is 15.9 Å².